The minimum absolute atomic E-state index is 0. The molecule has 4 nitrogen and oxygen atoms in total. The molecule has 87 valence electrons. The van der Waals surface area contributed by atoms with Gasteiger partial charge in [-0.2, -0.15) is 10.2 Å². The zero-order valence-corrected chi connectivity index (χ0v) is 13.1. The summed E-state index contributed by atoms with van der Waals surface area (Å²) in [5.41, 5.74) is 0.933. The van der Waals surface area contributed by atoms with E-state index in [9.17, 15) is 5.11 Å². The molecule has 0 unspecified atom stereocenters. The molecule has 1 radical (unpaired) electrons. The number of thiazole rings is 1. The van der Waals surface area contributed by atoms with Gasteiger partial charge in [0, 0.05) is 34.6 Å². The Morgan fingerprint density at radius 3 is 2.61 bits per heavy atom. The minimum Gasteiger partial charge on any atom is -0.492 e. The van der Waals surface area contributed by atoms with Crippen LogP contribution in [0.4, 0.5) is 0 Å². The zero-order chi connectivity index (χ0) is 12.3. The van der Waals surface area contributed by atoms with E-state index in [0.29, 0.717) is 11.6 Å². The first-order valence-electron chi connectivity index (χ1n) is 4.66. The average Bonchev–Trinajstić information content (AvgIpc) is 2.69. The van der Waals surface area contributed by atoms with Gasteiger partial charge in [0.15, 0.2) is 4.88 Å². The fraction of sp³-hybridized carbons (Fsp3) is 0.0909. The van der Waals surface area contributed by atoms with Crippen molar-refractivity contribution >= 4 is 52.5 Å². The van der Waals surface area contributed by atoms with Crippen LogP contribution in [0, 0.1) is 11.3 Å². The van der Waals surface area contributed by atoms with E-state index in [1.165, 1.54) is 0 Å². The van der Waals surface area contributed by atoms with Crippen LogP contribution in [0.1, 0.15) is 10.4 Å². The monoisotopic (exact) mass is 289 g/mol. The molecule has 0 fully saturated rings. The number of aromatic hydroxyl groups is 1. The van der Waals surface area contributed by atoms with E-state index in [4.69, 9.17) is 21.6 Å². The molecule has 1 N–H and O–H groups in total. The van der Waals surface area contributed by atoms with Gasteiger partial charge >= 0.3 is 0 Å². The first-order valence-corrected chi connectivity index (χ1v) is 5.85. The van der Waals surface area contributed by atoms with E-state index >= 15 is 0 Å². The molecule has 7 heteroatoms. The van der Waals surface area contributed by atoms with Crippen LogP contribution in [0.2, 0.25) is 5.02 Å². The number of halogens is 1. The molecule has 2 aromatic rings. The number of hydrogen-bond acceptors (Lipinski definition) is 5. The molecule has 0 spiro atoms. The van der Waals surface area contributed by atoms with Gasteiger partial charge in [0.05, 0.1) is 0 Å². The molecule has 1 aromatic carbocycles. The molecule has 0 amide bonds. The normalized spacial score (nSPS) is 9.33. The summed E-state index contributed by atoms with van der Waals surface area (Å²) in [7, 11) is 0. The molecule has 0 saturated carbocycles. The van der Waals surface area contributed by atoms with Crippen LogP contribution in [-0.2, 0) is 6.61 Å². The van der Waals surface area contributed by atoms with Gasteiger partial charge in [-0.15, -0.1) is 0 Å². The smallest absolute Gasteiger partial charge is 0.278 e. The molecule has 0 saturated heterocycles. The Bertz CT molecular complexity index is 565. The second kappa shape index (κ2) is 6.98. The molecule has 0 bridgehead atoms. The van der Waals surface area contributed by atoms with Gasteiger partial charge < -0.3 is 9.84 Å². The van der Waals surface area contributed by atoms with Gasteiger partial charge in [0.2, 0.25) is 5.88 Å². The summed E-state index contributed by atoms with van der Waals surface area (Å²) in [6, 6.07) is 9.03. The Morgan fingerprint density at radius 2 is 2.06 bits per heavy atom. The zero-order valence-electron chi connectivity index (χ0n) is 9.55. The van der Waals surface area contributed by atoms with Gasteiger partial charge in [0.25, 0.3) is 5.19 Å². The number of nitriles is 1. The number of hydrogen-bond donors (Lipinski definition) is 1. The Balaban J connectivity index is 0.00000162. The summed E-state index contributed by atoms with van der Waals surface area (Å²) in [6.45, 7) is 0.314. The molecular formula is C11H7ClN2NaO2S. The first-order chi connectivity index (χ1) is 8.19. The van der Waals surface area contributed by atoms with Crippen molar-refractivity contribution < 1.29 is 9.84 Å². The predicted molar refractivity (Wildman–Crippen MR) is 70.0 cm³/mol. The van der Waals surface area contributed by atoms with Crippen molar-refractivity contribution in [2.24, 2.45) is 0 Å². The van der Waals surface area contributed by atoms with Crippen LogP contribution in [-0.4, -0.2) is 39.6 Å². The van der Waals surface area contributed by atoms with E-state index in [1.807, 2.05) is 18.2 Å². The molecule has 0 aliphatic rings. The maximum absolute atomic E-state index is 9.24. The number of nitrogens with zero attached hydrogens (tertiary/aromatic N) is 2. The standard InChI is InChI=1S/C11H7ClN2O2S.Na/c12-8-3-1-7(2-4-8)6-16-11-14-10(15)9(5-13)17-11;/h1-4,15H,6H2;. The van der Waals surface area contributed by atoms with Gasteiger partial charge in [-0.1, -0.05) is 35.1 Å². The summed E-state index contributed by atoms with van der Waals surface area (Å²) in [6.07, 6.45) is 0. The maximum Gasteiger partial charge on any atom is 0.278 e. The number of rotatable bonds is 3. The van der Waals surface area contributed by atoms with Crippen molar-refractivity contribution in [2.75, 3.05) is 0 Å². The fourth-order valence-electron chi connectivity index (χ4n) is 1.15. The summed E-state index contributed by atoms with van der Waals surface area (Å²) in [5.74, 6) is -0.288. The number of ether oxygens (including phenoxy) is 1. The maximum atomic E-state index is 9.24. The third-order valence-corrected chi connectivity index (χ3v) is 3.08. The van der Waals surface area contributed by atoms with E-state index in [-0.39, 0.29) is 45.5 Å². The van der Waals surface area contributed by atoms with Crippen molar-refractivity contribution in [2.45, 2.75) is 6.61 Å². The average molecular weight is 290 g/mol. The molecule has 1 heterocycles. The van der Waals surface area contributed by atoms with Crippen molar-refractivity contribution in [3.05, 3.63) is 39.7 Å². The van der Waals surface area contributed by atoms with Crippen LogP contribution in [0.25, 0.3) is 0 Å². The van der Waals surface area contributed by atoms with Crippen molar-refractivity contribution in [3.63, 3.8) is 0 Å². The Morgan fingerprint density at radius 1 is 1.39 bits per heavy atom. The molecular weight excluding hydrogens is 283 g/mol. The van der Waals surface area contributed by atoms with Gasteiger partial charge in [0.1, 0.15) is 12.7 Å². The largest absolute Gasteiger partial charge is 0.492 e. The summed E-state index contributed by atoms with van der Waals surface area (Å²) in [5, 5.41) is 18.8. The predicted octanol–water partition coefficient (Wildman–Crippen LogP) is 2.57. The van der Waals surface area contributed by atoms with Crippen LogP contribution in [0.3, 0.4) is 0 Å². The van der Waals surface area contributed by atoms with E-state index < -0.39 is 0 Å². The van der Waals surface area contributed by atoms with Crippen molar-refractivity contribution in [3.8, 4) is 17.1 Å². The summed E-state index contributed by atoms with van der Waals surface area (Å²) in [4.78, 5) is 3.87. The Kier molecular flexibility index (Phi) is 5.93. The van der Waals surface area contributed by atoms with Crippen LogP contribution >= 0.6 is 22.9 Å². The molecule has 18 heavy (non-hydrogen) atoms. The van der Waals surface area contributed by atoms with Gasteiger partial charge in [-0.3, -0.25) is 0 Å². The summed E-state index contributed by atoms with van der Waals surface area (Å²) < 4.78 is 5.35. The fourth-order valence-corrected chi connectivity index (χ4v) is 1.89. The Hall–Kier alpha value is -0.770. The van der Waals surface area contributed by atoms with Crippen LogP contribution in [0.5, 0.6) is 11.1 Å². The molecule has 0 atom stereocenters. The second-order valence-corrected chi connectivity index (χ2v) is 4.56. The quantitative estimate of drug-likeness (QED) is 0.882. The Labute approximate surface area is 135 Å². The van der Waals surface area contributed by atoms with E-state index in [0.717, 1.165) is 16.9 Å². The third kappa shape index (κ3) is 3.87. The van der Waals surface area contributed by atoms with Crippen LogP contribution < -0.4 is 4.74 Å². The van der Waals surface area contributed by atoms with Crippen molar-refractivity contribution in [1.29, 1.82) is 5.26 Å². The van der Waals surface area contributed by atoms with E-state index in [1.54, 1.807) is 12.1 Å². The molecule has 0 aliphatic carbocycles. The third-order valence-electron chi connectivity index (χ3n) is 1.97. The van der Waals surface area contributed by atoms with E-state index in [2.05, 4.69) is 4.98 Å². The molecule has 1 aromatic heterocycles. The SMILES string of the molecule is N#Cc1sc(OCc2ccc(Cl)cc2)nc1O.[Na]. The van der Waals surface area contributed by atoms with Crippen molar-refractivity contribution in [1.82, 2.24) is 4.98 Å². The van der Waals surface area contributed by atoms with Crippen LogP contribution in [0.15, 0.2) is 24.3 Å². The number of aromatic nitrogens is 1. The molecule has 2 rings (SSSR count). The summed E-state index contributed by atoms with van der Waals surface area (Å²) >= 11 is 6.76. The topological polar surface area (TPSA) is 66.1 Å². The molecule has 0 aliphatic heterocycles. The minimum atomic E-state index is -0.288. The number of benzene rings is 1. The van der Waals surface area contributed by atoms with Gasteiger partial charge in [-0.05, 0) is 17.7 Å². The van der Waals surface area contributed by atoms with Gasteiger partial charge in [-0.25, -0.2) is 0 Å². The second-order valence-electron chi connectivity index (χ2n) is 3.16. The first kappa shape index (κ1) is 15.3.